The summed E-state index contributed by atoms with van der Waals surface area (Å²) >= 11 is 0. The molecule has 0 spiro atoms. The Morgan fingerprint density at radius 2 is 2.18 bits per heavy atom. The summed E-state index contributed by atoms with van der Waals surface area (Å²) in [4.78, 5) is 16.3. The highest BCUT2D eigenvalue weighted by Gasteiger charge is 2.20. The van der Waals surface area contributed by atoms with Crippen LogP contribution in [0.5, 0.6) is 0 Å². The predicted molar refractivity (Wildman–Crippen MR) is 67.1 cm³/mol. The van der Waals surface area contributed by atoms with Gasteiger partial charge in [0.05, 0.1) is 11.0 Å². The van der Waals surface area contributed by atoms with E-state index in [-0.39, 0.29) is 11.2 Å². The Kier molecular flexibility index (Phi) is 4.01. The van der Waals surface area contributed by atoms with E-state index in [1.165, 1.54) is 18.3 Å². The van der Waals surface area contributed by atoms with Crippen molar-refractivity contribution >= 4 is 11.5 Å². The topological polar surface area (TPSA) is 71.3 Å². The molecule has 1 rings (SSSR count). The molecule has 17 heavy (non-hydrogen) atoms. The Hall–Kier alpha value is -1.69. The van der Waals surface area contributed by atoms with Gasteiger partial charge in [0.2, 0.25) is 0 Å². The molecule has 1 aromatic heterocycles. The minimum absolute atomic E-state index is 0.0464. The van der Waals surface area contributed by atoms with Crippen molar-refractivity contribution < 1.29 is 4.92 Å². The summed E-state index contributed by atoms with van der Waals surface area (Å²) in [6.45, 7) is 4.82. The third-order valence-electron chi connectivity index (χ3n) is 2.87. The van der Waals surface area contributed by atoms with Gasteiger partial charge in [-0.05, 0) is 27.9 Å². The fraction of sp³-hybridized carbons (Fsp3) is 0.545. The maximum atomic E-state index is 10.6. The normalized spacial score (nSPS) is 11.6. The van der Waals surface area contributed by atoms with Crippen LogP contribution in [0.3, 0.4) is 0 Å². The average molecular weight is 238 g/mol. The summed E-state index contributed by atoms with van der Waals surface area (Å²) in [5.74, 6) is 0.522. The van der Waals surface area contributed by atoms with Crippen LogP contribution >= 0.6 is 0 Å². The first-order valence-electron chi connectivity index (χ1n) is 5.35. The van der Waals surface area contributed by atoms with E-state index in [4.69, 9.17) is 0 Å². The molecule has 0 saturated heterocycles. The monoisotopic (exact) mass is 238 g/mol. The first-order valence-corrected chi connectivity index (χ1v) is 5.35. The number of nitro groups is 1. The van der Waals surface area contributed by atoms with E-state index in [9.17, 15) is 10.1 Å². The van der Waals surface area contributed by atoms with Crippen LogP contribution in [0, 0.1) is 10.1 Å². The lowest BCUT2D eigenvalue weighted by molar-refractivity contribution is -0.384. The van der Waals surface area contributed by atoms with Crippen LogP contribution in [0.1, 0.15) is 13.8 Å². The molecule has 94 valence electrons. The molecule has 6 heteroatoms. The second kappa shape index (κ2) is 5.09. The van der Waals surface area contributed by atoms with Crippen molar-refractivity contribution in [1.82, 2.24) is 9.88 Å². The summed E-state index contributed by atoms with van der Waals surface area (Å²) in [5, 5.41) is 13.7. The molecule has 0 bridgehead atoms. The molecule has 0 aliphatic carbocycles. The highest BCUT2D eigenvalue weighted by Crippen LogP contribution is 2.16. The van der Waals surface area contributed by atoms with Crippen LogP contribution in [-0.2, 0) is 0 Å². The first kappa shape index (κ1) is 13.4. The third-order valence-corrected chi connectivity index (χ3v) is 2.87. The molecule has 0 atom stereocenters. The molecule has 1 N–H and O–H groups in total. The Bertz CT molecular complexity index is 404. The van der Waals surface area contributed by atoms with Crippen LogP contribution in [0.15, 0.2) is 18.3 Å². The van der Waals surface area contributed by atoms with Gasteiger partial charge in [-0.2, -0.15) is 0 Å². The molecule has 0 unspecified atom stereocenters. The molecule has 1 aromatic rings. The van der Waals surface area contributed by atoms with Gasteiger partial charge in [0.15, 0.2) is 0 Å². The molecular formula is C11H18N4O2. The highest BCUT2D eigenvalue weighted by molar-refractivity contribution is 5.44. The average Bonchev–Trinajstić information content (AvgIpc) is 2.26. The predicted octanol–water partition coefficient (Wildman–Crippen LogP) is 1.74. The van der Waals surface area contributed by atoms with Gasteiger partial charge >= 0.3 is 0 Å². The lowest BCUT2D eigenvalue weighted by atomic mass is 10.0. The number of nitrogens with zero attached hydrogens (tertiary/aromatic N) is 3. The molecule has 1 heterocycles. The van der Waals surface area contributed by atoms with Crippen LogP contribution in [-0.4, -0.2) is 41.0 Å². The van der Waals surface area contributed by atoms with Crippen molar-refractivity contribution in [3.05, 3.63) is 28.4 Å². The van der Waals surface area contributed by atoms with Gasteiger partial charge in [-0.15, -0.1) is 0 Å². The molecule has 6 nitrogen and oxygen atoms in total. The van der Waals surface area contributed by atoms with Crippen LogP contribution in [0.4, 0.5) is 11.5 Å². The van der Waals surface area contributed by atoms with Gasteiger partial charge in [0.25, 0.3) is 5.69 Å². The van der Waals surface area contributed by atoms with Crippen molar-refractivity contribution in [1.29, 1.82) is 0 Å². The van der Waals surface area contributed by atoms with Gasteiger partial charge < -0.3 is 10.2 Å². The molecular weight excluding hydrogens is 220 g/mol. The maximum absolute atomic E-state index is 10.6. The van der Waals surface area contributed by atoms with Gasteiger partial charge in [0.1, 0.15) is 5.82 Å². The fourth-order valence-corrected chi connectivity index (χ4v) is 1.09. The van der Waals surface area contributed by atoms with E-state index in [0.29, 0.717) is 12.4 Å². The molecule has 0 fully saturated rings. The number of pyridine rings is 1. The number of likely N-dealkylation sites (N-methyl/N-ethyl adjacent to an activating group) is 1. The number of anilines is 1. The Morgan fingerprint density at radius 3 is 2.71 bits per heavy atom. The largest absolute Gasteiger partial charge is 0.368 e. The maximum Gasteiger partial charge on any atom is 0.274 e. The van der Waals surface area contributed by atoms with Crippen LogP contribution < -0.4 is 5.32 Å². The highest BCUT2D eigenvalue weighted by atomic mass is 16.6. The van der Waals surface area contributed by atoms with E-state index >= 15 is 0 Å². The number of hydrogen-bond donors (Lipinski definition) is 1. The van der Waals surface area contributed by atoms with Crippen molar-refractivity contribution in [2.45, 2.75) is 19.4 Å². The van der Waals surface area contributed by atoms with Gasteiger partial charge in [-0.1, -0.05) is 0 Å². The lowest BCUT2D eigenvalue weighted by Crippen LogP contribution is -2.44. The zero-order chi connectivity index (χ0) is 13.1. The zero-order valence-corrected chi connectivity index (χ0v) is 10.6. The van der Waals surface area contributed by atoms with Gasteiger partial charge in [0, 0.05) is 24.3 Å². The molecule has 0 aliphatic heterocycles. The van der Waals surface area contributed by atoms with E-state index in [1.54, 1.807) is 0 Å². The van der Waals surface area contributed by atoms with E-state index in [0.717, 1.165) is 0 Å². The molecule has 0 aromatic carbocycles. The van der Waals surface area contributed by atoms with Gasteiger partial charge in [-0.3, -0.25) is 10.1 Å². The van der Waals surface area contributed by atoms with E-state index in [2.05, 4.69) is 29.0 Å². The van der Waals surface area contributed by atoms with Crippen molar-refractivity contribution in [2.24, 2.45) is 0 Å². The number of hydrogen-bond acceptors (Lipinski definition) is 5. The minimum Gasteiger partial charge on any atom is -0.368 e. The van der Waals surface area contributed by atoms with Crippen molar-refractivity contribution in [3.8, 4) is 0 Å². The summed E-state index contributed by atoms with van der Waals surface area (Å²) in [6.07, 6.45) is 1.43. The van der Waals surface area contributed by atoms with Crippen molar-refractivity contribution in [2.75, 3.05) is 26.0 Å². The van der Waals surface area contributed by atoms with Crippen LogP contribution in [0.2, 0.25) is 0 Å². The fourth-order valence-electron chi connectivity index (χ4n) is 1.09. The summed E-state index contributed by atoms with van der Waals surface area (Å²) in [6, 6.07) is 2.81. The second-order valence-electron chi connectivity index (χ2n) is 4.72. The summed E-state index contributed by atoms with van der Waals surface area (Å²) < 4.78 is 0. The molecule has 0 saturated carbocycles. The quantitative estimate of drug-likeness (QED) is 0.625. The Morgan fingerprint density at radius 1 is 1.53 bits per heavy atom. The number of rotatable bonds is 5. The molecule has 0 radical (unpaired) electrons. The number of aromatic nitrogens is 1. The van der Waals surface area contributed by atoms with Crippen molar-refractivity contribution in [3.63, 3.8) is 0 Å². The Balaban J connectivity index is 2.70. The first-order chi connectivity index (χ1) is 7.83. The molecule has 0 amide bonds. The van der Waals surface area contributed by atoms with Crippen LogP contribution in [0.25, 0.3) is 0 Å². The van der Waals surface area contributed by atoms with E-state index in [1.807, 2.05) is 14.1 Å². The standard InChI is InChI=1S/C11H18N4O2/c1-11(2,14(3)4)8-13-10-7-9(15(16)17)5-6-12-10/h5-7H,8H2,1-4H3,(H,12,13). The zero-order valence-electron chi connectivity index (χ0n) is 10.6. The minimum atomic E-state index is -0.427. The smallest absolute Gasteiger partial charge is 0.274 e. The van der Waals surface area contributed by atoms with Gasteiger partial charge in [-0.25, -0.2) is 4.98 Å². The number of nitrogens with one attached hydrogen (secondary N) is 1. The Labute approximate surface area is 101 Å². The second-order valence-corrected chi connectivity index (χ2v) is 4.72. The molecule has 0 aliphatic rings. The summed E-state index contributed by atoms with van der Waals surface area (Å²) in [5.41, 5.74) is -0.00286. The third kappa shape index (κ3) is 3.67. The SMILES string of the molecule is CN(C)C(C)(C)CNc1cc([N+](=O)[O-])ccn1. The summed E-state index contributed by atoms with van der Waals surface area (Å²) in [7, 11) is 3.98. The van der Waals surface area contributed by atoms with E-state index < -0.39 is 4.92 Å². The lowest BCUT2D eigenvalue weighted by Gasteiger charge is -2.32.